The molecule has 1 aliphatic heterocycles. The van der Waals surface area contributed by atoms with Gasteiger partial charge in [0.2, 0.25) is 0 Å². The molecule has 0 spiro atoms. The van der Waals surface area contributed by atoms with Crippen molar-refractivity contribution in [2.75, 3.05) is 43.1 Å². The average Bonchev–Trinajstić information content (AvgIpc) is 3.20. The first-order chi connectivity index (χ1) is 15.2. The molecule has 1 saturated heterocycles. The number of aliphatic hydroxyl groups is 1. The summed E-state index contributed by atoms with van der Waals surface area (Å²) in [5.41, 5.74) is 1.71. The monoisotopic (exact) mass is 454 g/mol. The summed E-state index contributed by atoms with van der Waals surface area (Å²) in [6.45, 7) is 4.75. The summed E-state index contributed by atoms with van der Waals surface area (Å²) in [5, 5.41) is 23.8. The zero-order valence-electron chi connectivity index (χ0n) is 18.4. The first-order valence-electron chi connectivity index (χ1n) is 10.3. The molecule has 0 amide bonds. The van der Waals surface area contributed by atoms with E-state index in [-0.39, 0.29) is 6.61 Å². The number of ether oxygens (including phenoxy) is 1. The topological polar surface area (TPSA) is 116 Å². The molecular formula is C22H26N6O3S. The maximum Gasteiger partial charge on any atom is 0.138 e. The number of hydrogen-bond donors (Lipinski definition) is 1. The highest BCUT2D eigenvalue weighted by Gasteiger charge is 2.21. The zero-order valence-corrected chi connectivity index (χ0v) is 19.2. The molecule has 4 rings (SSSR count). The van der Waals surface area contributed by atoms with Crippen molar-refractivity contribution in [1.29, 1.82) is 5.26 Å². The summed E-state index contributed by atoms with van der Waals surface area (Å²) < 4.78 is 23.9. The number of pyridine rings is 2. The molecule has 0 atom stereocenters. The van der Waals surface area contributed by atoms with Crippen LogP contribution in [0.25, 0.3) is 16.6 Å². The van der Waals surface area contributed by atoms with Gasteiger partial charge in [-0.2, -0.15) is 10.4 Å². The molecule has 1 fully saturated rings. The van der Waals surface area contributed by atoms with Gasteiger partial charge >= 0.3 is 0 Å². The van der Waals surface area contributed by atoms with Gasteiger partial charge in [0, 0.05) is 58.7 Å². The van der Waals surface area contributed by atoms with Crippen molar-refractivity contribution < 1.29 is 14.1 Å². The summed E-state index contributed by atoms with van der Waals surface area (Å²) >= 11 is 0. The number of rotatable bonds is 5. The molecule has 4 heterocycles. The Morgan fingerprint density at radius 2 is 2.06 bits per heavy atom. The number of aromatic nitrogens is 3. The predicted octanol–water partition coefficient (Wildman–Crippen LogP) is 2.34. The van der Waals surface area contributed by atoms with Gasteiger partial charge in [-0.1, -0.05) is 0 Å². The van der Waals surface area contributed by atoms with Crippen molar-refractivity contribution >= 4 is 21.1 Å². The van der Waals surface area contributed by atoms with Crippen molar-refractivity contribution in [1.82, 2.24) is 14.6 Å². The van der Waals surface area contributed by atoms with Gasteiger partial charge in [0.05, 0.1) is 29.1 Å². The van der Waals surface area contributed by atoms with Gasteiger partial charge < -0.3 is 14.7 Å². The number of nitriles is 1. The standard InChI is InChI=1S/C22H26N6O3S/c1-22(2,29)15-31-18-10-19(21-17(11-23)13-26-28(21)14-18)16-4-5-20(25-12-16)27-6-8-32(30,24-3)9-7-27/h4-5,10,12-14,29H,6-9,15H2,1-3H3. The minimum Gasteiger partial charge on any atom is -0.489 e. The Hall–Kier alpha value is -3.16. The van der Waals surface area contributed by atoms with Crippen LogP contribution in [-0.4, -0.2) is 67.8 Å². The molecule has 168 valence electrons. The van der Waals surface area contributed by atoms with E-state index < -0.39 is 15.3 Å². The van der Waals surface area contributed by atoms with Gasteiger partial charge in [-0.3, -0.25) is 0 Å². The van der Waals surface area contributed by atoms with Crippen molar-refractivity contribution in [3.63, 3.8) is 0 Å². The van der Waals surface area contributed by atoms with Crippen LogP contribution >= 0.6 is 0 Å². The fourth-order valence-electron chi connectivity index (χ4n) is 3.60. The van der Waals surface area contributed by atoms with Gasteiger partial charge in [0.1, 0.15) is 24.2 Å². The molecule has 0 unspecified atom stereocenters. The third-order valence-corrected chi connectivity index (χ3v) is 7.68. The van der Waals surface area contributed by atoms with E-state index >= 15 is 0 Å². The fraction of sp³-hybridized carbons (Fsp3) is 0.409. The Morgan fingerprint density at radius 1 is 1.31 bits per heavy atom. The summed E-state index contributed by atoms with van der Waals surface area (Å²) in [5.74, 6) is 2.41. The molecule has 1 aliphatic rings. The normalized spacial score (nSPS) is 16.0. The maximum atomic E-state index is 12.4. The van der Waals surface area contributed by atoms with Crippen LogP contribution in [0.2, 0.25) is 0 Å². The van der Waals surface area contributed by atoms with Gasteiger partial charge in [0.15, 0.2) is 0 Å². The molecule has 3 aromatic heterocycles. The van der Waals surface area contributed by atoms with Crippen molar-refractivity contribution in [3.8, 4) is 22.9 Å². The van der Waals surface area contributed by atoms with Crippen LogP contribution in [0, 0.1) is 11.3 Å². The van der Waals surface area contributed by atoms with Crippen LogP contribution in [-0.2, 0) is 9.73 Å². The Balaban J connectivity index is 1.67. The van der Waals surface area contributed by atoms with Crippen LogP contribution in [0.3, 0.4) is 0 Å². The molecule has 0 bridgehead atoms. The summed E-state index contributed by atoms with van der Waals surface area (Å²) in [6.07, 6.45) is 4.97. The lowest BCUT2D eigenvalue weighted by Gasteiger charge is -2.29. The maximum absolute atomic E-state index is 12.4. The minimum atomic E-state index is -2.08. The second-order valence-corrected chi connectivity index (χ2v) is 11.1. The average molecular weight is 455 g/mol. The Labute approximate surface area is 187 Å². The molecule has 0 aromatic carbocycles. The third-order valence-electron chi connectivity index (χ3n) is 5.38. The Kier molecular flexibility index (Phi) is 5.79. The molecule has 3 aromatic rings. The van der Waals surface area contributed by atoms with E-state index in [0.29, 0.717) is 41.4 Å². The van der Waals surface area contributed by atoms with Gasteiger partial charge in [0.25, 0.3) is 0 Å². The zero-order chi connectivity index (χ0) is 22.9. The predicted molar refractivity (Wildman–Crippen MR) is 123 cm³/mol. The minimum absolute atomic E-state index is 0.115. The summed E-state index contributed by atoms with van der Waals surface area (Å²) in [7, 11) is -0.461. The summed E-state index contributed by atoms with van der Waals surface area (Å²) in [4.78, 5) is 6.73. The van der Waals surface area contributed by atoms with E-state index in [1.807, 2.05) is 18.2 Å². The highest BCUT2D eigenvalue weighted by Crippen LogP contribution is 2.31. The van der Waals surface area contributed by atoms with Gasteiger partial charge in [-0.05, 0) is 32.0 Å². The van der Waals surface area contributed by atoms with Crippen LogP contribution in [0.15, 0.2) is 41.2 Å². The van der Waals surface area contributed by atoms with Crippen molar-refractivity contribution in [2.45, 2.75) is 19.4 Å². The molecule has 1 N–H and O–H groups in total. The van der Waals surface area contributed by atoms with Crippen LogP contribution < -0.4 is 9.64 Å². The van der Waals surface area contributed by atoms with Crippen LogP contribution in [0.5, 0.6) is 5.75 Å². The Bertz CT molecular complexity index is 1280. The molecular weight excluding hydrogens is 428 g/mol. The lowest BCUT2D eigenvalue weighted by Crippen LogP contribution is -2.40. The van der Waals surface area contributed by atoms with Gasteiger partial charge in [-0.25, -0.2) is 18.1 Å². The number of nitrogens with zero attached hydrogens (tertiary/aromatic N) is 6. The van der Waals surface area contributed by atoms with E-state index in [4.69, 9.17) is 4.74 Å². The largest absolute Gasteiger partial charge is 0.489 e. The molecule has 0 radical (unpaired) electrons. The number of fused-ring (bicyclic) bond motifs is 1. The smallest absolute Gasteiger partial charge is 0.138 e. The molecule has 9 nitrogen and oxygen atoms in total. The SMILES string of the molecule is CN=S1(=O)CCN(c2ccc(-c3cc(OCC(C)(C)O)cn4ncc(C#N)c34)cn2)CC1. The van der Waals surface area contributed by atoms with E-state index in [0.717, 1.165) is 16.9 Å². The highest BCUT2D eigenvalue weighted by atomic mass is 32.2. The first kappa shape index (κ1) is 22.0. The Morgan fingerprint density at radius 3 is 2.66 bits per heavy atom. The second-order valence-electron chi connectivity index (χ2n) is 8.41. The highest BCUT2D eigenvalue weighted by molar-refractivity contribution is 7.93. The second kappa shape index (κ2) is 8.41. The van der Waals surface area contributed by atoms with E-state index in [1.165, 1.54) is 6.20 Å². The molecule has 0 saturated carbocycles. The number of hydrogen-bond acceptors (Lipinski definition) is 8. The van der Waals surface area contributed by atoms with E-state index in [1.54, 1.807) is 37.8 Å². The number of anilines is 1. The molecule has 10 heteroatoms. The fourth-order valence-corrected chi connectivity index (χ4v) is 5.18. The quantitative estimate of drug-likeness (QED) is 0.629. The van der Waals surface area contributed by atoms with E-state index in [2.05, 4.69) is 25.4 Å². The summed E-state index contributed by atoms with van der Waals surface area (Å²) in [6, 6.07) is 7.89. The van der Waals surface area contributed by atoms with Crippen molar-refractivity contribution in [2.24, 2.45) is 4.36 Å². The first-order valence-corrected chi connectivity index (χ1v) is 12.2. The lowest BCUT2D eigenvalue weighted by atomic mass is 10.1. The van der Waals surface area contributed by atoms with Gasteiger partial charge in [-0.15, -0.1) is 0 Å². The van der Waals surface area contributed by atoms with Crippen LogP contribution in [0.1, 0.15) is 19.4 Å². The molecule has 0 aliphatic carbocycles. The van der Waals surface area contributed by atoms with Crippen LogP contribution in [0.4, 0.5) is 5.82 Å². The molecule has 32 heavy (non-hydrogen) atoms. The van der Waals surface area contributed by atoms with E-state index in [9.17, 15) is 14.6 Å². The lowest BCUT2D eigenvalue weighted by molar-refractivity contribution is 0.0283. The third kappa shape index (κ3) is 4.54. The van der Waals surface area contributed by atoms with Crippen molar-refractivity contribution in [3.05, 3.63) is 42.4 Å².